The van der Waals surface area contributed by atoms with E-state index in [9.17, 15) is 14.7 Å². The van der Waals surface area contributed by atoms with Gasteiger partial charge in [-0.3, -0.25) is 9.59 Å². The van der Waals surface area contributed by atoms with E-state index in [0.29, 0.717) is 36.5 Å². The highest BCUT2D eigenvalue weighted by atomic mass is 32.2. The number of ether oxygens (including phenoxy) is 2. The molecule has 1 atom stereocenters. The summed E-state index contributed by atoms with van der Waals surface area (Å²) in [6, 6.07) is 3.37. The number of ketones is 1. The topological polar surface area (TPSA) is 98.6 Å². The number of hydrogen-bond acceptors (Lipinski definition) is 10. The van der Waals surface area contributed by atoms with Crippen LogP contribution in [0.15, 0.2) is 20.8 Å². The third-order valence-corrected chi connectivity index (χ3v) is 7.48. The van der Waals surface area contributed by atoms with Gasteiger partial charge in [0, 0.05) is 11.3 Å². The maximum Gasteiger partial charge on any atom is 0.319 e. The van der Waals surface area contributed by atoms with Gasteiger partial charge in [-0.1, -0.05) is 48.2 Å². The first-order valence-electron chi connectivity index (χ1n) is 10.2. The molecule has 0 radical (unpaired) electrons. The van der Waals surface area contributed by atoms with Crippen molar-refractivity contribution in [2.45, 2.75) is 60.9 Å². The summed E-state index contributed by atoms with van der Waals surface area (Å²) < 4.78 is 12.5. The summed E-state index contributed by atoms with van der Waals surface area (Å²) in [5, 5.41) is 18.4. The fourth-order valence-electron chi connectivity index (χ4n) is 2.69. The van der Waals surface area contributed by atoms with Crippen molar-refractivity contribution in [2.75, 3.05) is 19.0 Å². The lowest BCUT2D eigenvalue weighted by molar-refractivity contribution is -0.142. The molecule has 7 nitrogen and oxygen atoms in total. The van der Waals surface area contributed by atoms with Crippen molar-refractivity contribution in [3.8, 4) is 11.5 Å². The average molecular weight is 485 g/mol. The Bertz CT molecular complexity index is 888. The van der Waals surface area contributed by atoms with E-state index in [1.54, 1.807) is 37.7 Å². The van der Waals surface area contributed by atoms with Gasteiger partial charge in [0.25, 0.3) is 0 Å². The first-order valence-corrected chi connectivity index (χ1v) is 12.8. The highest BCUT2D eigenvalue weighted by Crippen LogP contribution is 2.34. The quantitative estimate of drug-likeness (QED) is 0.182. The second-order valence-electron chi connectivity index (χ2n) is 6.64. The molecule has 0 amide bonds. The van der Waals surface area contributed by atoms with Crippen molar-refractivity contribution in [2.24, 2.45) is 0 Å². The molecule has 0 saturated carbocycles. The molecule has 1 aromatic carbocycles. The molecule has 0 bridgehead atoms. The van der Waals surface area contributed by atoms with Crippen LogP contribution in [0.3, 0.4) is 0 Å². The number of thioether (sulfide) groups is 2. The van der Waals surface area contributed by atoms with Gasteiger partial charge in [-0.15, -0.1) is 10.2 Å². The Morgan fingerprint density at radius 1 is 1.23 bits per heavy atom. The SMILES string of the molecule is CCCc1c(OCCCSc2nnc(SC(C)C(=O)OCC)s2)ccc(C(C)=O)c1O. The zero-order valence-corrected chi connectivity index (χ0v) is 20.6. The fourth-order valence-corrected chi connectivity index (χ4v) is 5.84. The van der Waals surface area contributed by atoms with E-state index in [-0.39, 0.29) is 22.8 Å². The second-order valence-corrected chi connectivity index (χ2v) is 10.5. The monoisotopic (exact) mass is 484 g/mol. The predicted octanol–water partition coefficient (Wildman–Crippen LogP) is 5.00. The molecule has 1 aromatic heterocycles. The van der Waals surface area contributed by atoms with Crippen LogP contribution in [0.1, 0.15) is 56.5 Å². The zero-order valence-electron chi connectivity index (χ0n) is 18.2. The van der Waals surface area contributed by atoms with Crippen molar-refractivity contribution in [3.05, 3.63) is 23.3 Å². The number of aromatic nitrogens is 2. The standard InChI is InChI=1S/C21H28N2O5S3/c1-5-8-16-17(10-9-15(13(3)24)18(16)25)28-11-7-12-29-20-22-23-21(31-20)30-14(4)19(26)27-6-2/h9-10,14,25H,5-8,11-12H2,1-4H3. The van der Waals surface area contributed by atoms with Crippen LogP contribution in [0.4, 0.5) is 0 Å². The molecule has 0 fully saturated rings. The molecular weight excluding hydrogens is 456 g/mol. The molecule has 1 N–H and O–H groups in total. The van der Waals surface area contributed by atoms with Gasteiger partial charge in [-0.25, -0.2) is 0 Å². The number of phenols is 1. The van der Waals surface area contributed by atoms with Gasteiger partial charge >= 0.3 is 5.97 Å². The molecule has 0 saturated heterocycles. The Morgan fingerprint density at radius 3 is 2.65 bits per heavy atom. The molecule has 0 aliphatic heterocycles. The van der Waals surface area contributed by atoms with Crippen LogP contribution >= 0.6 is 34.9 Å². The third kappa shape index (κ3) is 7.69. The van der Waals surface area contributed by atoms with Crippen molar-refractivity contribution in [1.82, 2.24) is 10.2 Å². The van der Waals surface area contributed by atoms with Gasteiger partial charge < -0.3 is 14.6 Å². The number of nitrogens with zero attached hydrogens (tertiary/aromatic N) is 2. The van der Waals surface area contributed by atoms with E-state index in [1.807, 2.05) is 6.92 Å². The number of phenolic OH excluding ortho intramolecular Hbond substituents is 1. The van der Waals surface area contributed by atoms with Gasteiger partial charge in [0.15, 0.2) is 14.5 Å². The molecule has 10 heteroatoms. The molecule has 1 heterocycles. The Labute approximate surface area is 195 Å². The molecular formula is C21H28N2O5S3. The van der Waals surface area contributed by atoms with Crippen LogP contribution in [-0.2, 0) is 16.0 Å². The van der Waals surface area contributed by atoms with Crippen molar-refractivity contribution >= 4 is 46.6 Å². The summed E-state index contributed by atoms with van der Waals surface area (Å²) in [5.41, 5.74) is 1.01. The van der Waals surface area contributed by atoms with E-state index in [0.717, 1.165) is 27.3 Å². The van der Waals surface area contributed by atoms with Crippen LogP contribution in [0, 0.1) is 0 Å². The number of carbonyl (C=O) groups is 2. The molecule has 0 aliphatic rings. The zero-order chi connectivity index (χ0) is 22.8. The lowest BCUT2D eigenvalue weighted by atomic mass is 10.0. The van der Waals surface area contributed by atoms with Crippen LogP contribution in [0.2, 0.25) is 0 Å². The number of benzene rings is 1. The molecule has 0 spiro atoms. The van der Waals surface area contributed by atoms with E-state index < -0.39 is 0 Å². The second kappa shape index (κ2) is 12.9. The Kier molecular flexibility index (Phi) is 10.6. The van der Waals surface area contributed by atoms with Crippen LogP contribution in [-0.4, -0.2) is 51.3 Å². The summed E-state index contributed by atoms with van der Waals surface area (Å²) in [4.78, 5) is 23.4. The smallest absolute Gasteiger partial charge is 0.319 e. The van der Waals surface area contributed by atoms with Crippen molar-refractivity contribution in [3.63, 3.8) is 0 Å². The summed E-state index contributed by atoms with van der Waals surface area (Å²) in [5.74, 6) is 1.03. The van der Waals surface area contributed by atoms with Gasteiger partial charge in [-0.2, -0.15) is 0 Å². The van der Waals surface area contributed by atoms with E-state index >= 15 is 0 Å². The minimum absolute atomic E-state index is 0.0251. The van der Waals surface area contributed by atoms with E-state index in [1.165, 1.54) is 30.0 Å². The Hall–Kier alpha value is -1.78. The van der Waals surface area contributed by atoms with Gasteiger partial charge in [-0.05, 0) is 45.7 Å². The largest absolute Gasteiger partial charge is 0.507 e. The molecule has 170 valence electrons. The van der Waals surface area contributed by atoms with Crippen molar-refractivity contribution < 1.29 is 24.2 Å². The highest BCUT2D eigenvalue weighted by molar-refractivity contribution is 8.03. The van der Waals surface area contributed by atoms with Gasteiger partial charge in [0.2, 0.25) is 0 Å². The van der Waals surface area contributed by atoms with E-state index in [4.69, 9.17) is 9.47 Å². The Morgan fingerprint density at radius 2 is 1.97 bits per heavy atom. The maximum atomic E-state index is 11.7. The molecule has 2 aromatic rings. The van der Waals surface area contributed by atoms with Crippen LogP contribution in [0.5, 0.6) is 11.5 Å². The third-order valence-electron chi connectivity index (χ3n) is 4.17. The first-order chi connectivity index (χ1) is 14.9. The summed E-state index contributed by atoms with van der Waals surface area (Å²) in [6.45, 7) is 7.89. The molecule has 31 heavy (non-hydrogen) atoms. The van der Waals surface area contributed by atoms with Crippen molar-refractivity contribution in [1.29, 1.82) is 0 Å². The van der Waals surface area contributed by atoms with Crippen LogP contribution in [0.25, 0.3) is 0 Å². The number of esters is 1. The lowest BCUT2D eigenvalue weighted by Crippen LogP contribution is -2.16. The first kappa shape index (κ1) is 25.5. The number of Topliss-reactive ketones (excluding diaryl/α,β-unsaturated/α-hetero) is 1. The molecule has 2 rings (SSSR count). The predicted molar refractivity (Wildman–Crippen MR) is 125 cm³/mol. The van der Waals surface area contributed by atoms with Gasteiger partial charge in [0.05, 0.1) is 18.8 Å². The Balaban J connectivity index is 1.81. The minimum Gasteiger partial charge on any atom is -0.507 e. The van der Waals surface area contributed by atoms with Crippen LogP contribution < -0.4 is 4.74 Å². The lowest BCUT2D eigenvalue weighted by Gasteiger charge is -2.14. The summed E-state index contributed by atoms with van der Waals surface area (Å²) in [7, 11) is 0. The number of aromatic hydroxyl groups is 1. The maximum absolute atomic E-state index is 11.7. The molecule has 0 aliphatic carbocycles. The average Bonchev–Trinajstić information content (AvgIpc) is 3.17. The normalized spacial score (nSPS) is 11.9. The highest BCUT2D eigenvalue weighted by Gasteiger charge is 2.18. The molecule has 1 unspecified atom stereocenters. The minimum atomic E-state index is -0.317. The van der Waals surface area contributed by atoms with E-state index in [2.05, 4.69) is 10.2 Å². The number of carbonyl (C=O) groups excluding carboxylic acids is 2. The summed E-state index contributed by atoms with van der Waals surface area (Å²) in [6.07, 6.45) is 2.27. The fraction of sp³-hybridized carbons (Fsp3) is 0.524. The summed E-state index contributed by atoms with van der Waals surface area (Å²) >= 11 is 4.39. The number of hydrogen-bond donors (Lipinski definition) is 1. The number of rotatable bonds is 13. The van der Waals surface area contributed by atoms with Gasteiger partial charge in [0.1, 0.15) is 16.7 Å².